The van der Waals surface area contributed by atoms with Crippen LogP contribution in [0.3, 0.4) is 0 Å². The van der Waals surface area contributed by atoms with Gasteiger partial charge in [-0.3, -0.25) is 0 Å². The predicted octanol–water partition coefficient (Wildman–Crippen LogP) is 3.50. The zero-order valence-corrected chi connectivity index (χ0v) is 13.4. The van der Waals surface area contributed by atoms with Crippen molar-refractivity contribution in [3.05, 3.63) is 21.9 Å². The third kappa shape index (κ3) is 4.08. The third-order valence-corrected chi connectivity index (χ3v) is 4.58. The highest BCUT2D eigenvalue weighted by Crippen LogP contribution is 2.27. The summed E-state index contributed by atoms with van der Waals surface area (Å²) in [6.07, 6.45) is 2.38. The largest absolute Gasteiger partial charge is 0.379 e. The van der Waals surface area contributed by atoms with Crippen molar-refractivity contribution in [3.63, 3.8) is 0 Å². The maximum Gasteiger partial charge on any atom is 0.0775 e. The van der Waals surface area contributed by atoms with E-state index in [9.17, 15) is 0 Å². The Morgan fingerprint density at radius 1 is 1.28 bits per heavy atom. The van der Waals surface area contributed by atoms with E-state index in [2.05, 4.69) is 45.1 Å². The number of methoxy groups -OCH3 is 1. The lowest BCUT2D eigenvalue weighted by atomic mass is 9.83. The fourth-order valence-electron chi connectivity index (χ4n) is 2.42. The van der Waals surface area contributed by atoms with Crippen LogP contribution in [0.2, 0.25) is 0 Å². The summed E-state index contributed by atoms with van der Waals surface area (Å²) in [4.78, 5) is 2.90. The van der Waals surface area contributed by atoms with E-state index in [4.69, 9.17) is 4.74 Å². The predicted molar refractivity (Wildman–Crippen MR) is 80.5 cm³/mol. The average Bonchev–Trinajstić information content (AvgIpc) is 2.74. The normalized spacial score (nSPS) is 15.7. The van der Waals surface area contributed by atoms with Crippen molar-refractivity contribution >= 4 is 11.3 Å². The summed E-state index contributed by atoms with van der Waals surface area (Å²) < 4.78 is 5.72. The second-order valence-corrected chi connectivity index (χ2v) is 7.10. The average molecular weight is 269 g/mol. The van der Waals surface area contributed by atoms with Crippen LogP contribution in [0.15, 0.2) is 12.1 Å². The topological polar surface area (TPSA) is 21.3 Å². The van der Waals surface area contributed by atoms with Crippen molar-refractivity contribution in [2.75, 3.05) is 14.2 Å². The number of ether oxygens (including phenoxy) is 1. The molecule has 0 aliphatic heterocycles. The Hall–Kier alpha value is -0.380. The highest BCUT2D eigenvalue weighted by Gasteiger charge is 2.31. The molecule has 18 heavy (non-hydrogen) atoms. The van der Waals surface area contributed by atoms with Crippen LogP contribution in [0.1, 0.15) is 37.4 Å². The van der Waals surface area contributed by atoms with Gasteiger partial charge in [0.1, 0.15) is 0 Å². The Kier molecular flexibility index (Phi) is 5.83. The second-order valence-electron chi connectivity index (χ2n) is 5.84. The van der Waals surface area contributed by atoms with Crippen LogP contribution in [0.5, 0.6) is 0 Å². The number of thiophene rings is 1. The molecule has 0 amide bonds. The van der Waals surface area contributed by atoms with Gasteiger partial charge < -0.3 is 10.1 Å². The van der Waals surface area contributed by atoms with Gasteiger partial charge in [0, 0.05) is 22.9 Å². The first-order chi connectivity index (χ1) is 8.42. The first kappa shape index (κ1) is 15.7. The highest BCUT2D eigenvalue weighted by molar-refractivity contribution is 7.11. The van der Waals surface area contributed by atoms with E-state index in [-0.39, 0.29) is 11.5 Å². The molecule has 1 heterocycles. The van der Waals surface area contributed by atoms with E-state index in [1.165, 1.54) is 9.75 Å². The molecule has 2 atom stereocenters. The quantitative estimate of drug-likeness (QED) is 0.853. The standard InChI is InChI=1S/C15H27NOS/c1-7-11-8-9-12(18-11)10-13(16-5)14(17-6)15(2,3)4/h8-9,13-14,16H,7,10H2,1-6H3. The molecule has 3 heteroatoms. The number of hydrogen-bond acceptors (Lipinski definition) is 3. The molecule has 1 N–H and O–H groups in total. The highest BCUT2D eigenvalue weighted by atomic mass is 32.1. The Bertz CT molecular complexity index is 354. The van der Waals surface area contributed by atoms with Gasteiger partial charge in [0.2, 0.25) is 0 Å². The molecule has 0 radical (unpaired) electrons. The van der Waals surface area contributed by atoms with Gasteiger partial charge in [0.15, 0.2) is 0 Å². The molecule has 0 fully saturated rings. The van der Waals surface area contributed by atoms with E-state index in [1.807, 2.05) is 25.5 Å². The zero-order valence-electron chi connectivity index (χ0n) is 12.5. The lowest BCUT2D eigenvalue weighted by molar-refractivity contribution is -0.00903. The number of likely N-dealkylation sites (N-methyl/N-ethyl adjacent to an activating group) is 1. The lowest BCUT2D eigenvalue weighted by Gasteiger charge is -2.35. The fourth-order valence-corrected chi connectivity index (χ4v) is 3.44. The van der Waals surface area contributed by atoms with Crippen molar-refractivity contribution in [3.8, 4) is 0 Å². The molecule has 1 aromatic heterocycles. The zero-order chi connectivity index (χ0) is 13.8. The summed E-state index contributed by atoms with van der Waals surface area (Å²) in [6, 6.07) is 4.85. The second kappa shape index (κ2) is 6.69. The Morgan fingerprint density at radius 3 is 2.28 bits per heavy atom. The Labute approximate surface area is 116 Å². The van der Waals surface area contributed by atoms with Crippen LogP contribution >= 0.6 is 11.3 Å². The molecule has 0 aliphatic rings. The molecule has 2 nitrogen and oxygen atoms in total. The van der Waals surface area contributed by atoms with Gasteiger partial charge in [0.25, 0.3) is 0 Å². The molecule has 104 valence electrons. The van der Waals surface area contributed by atoms with E-state index in [0.717, 1.165) is 12.8 Å². The molecule has 0 aromatic carbocycles. The minimum absolute atomic E-state index is 0.146. The van der Waals surface area contributed by atoms with Crippen molar-refractivity contribution in [2.24, 2.45) is 5.41 Å². The van der Waals surface area contributed by atoms with Crippen LogP contribution in [0.4, 0.5) is 0 Å². The van der Waals surface area contributed by atoms with Crippen LogP contribution < -0.4 is 5.32 Å². The smallest absolute Gasteiger partial charge is 0.0775 e. The van der Waals surface area contributed by atoms with E-state index in [1.54, 1.807) is 0 Å². The molecule has 0 bridgehead atoms. The SMILES string of the molecule is CCc1ccc(CC(NC)C(OC)C(C)(C)C)s1. The molecule has 1 rings (SSSR count). The monoisotopic (exact) mass is 269 g/mol. The summed E-state index contributed by atoms with van der Waals surface area (Å²) in [5.74, 6) is 0. The molecule has 0 spiro atoms. The fraction of sp³-hybridized carbons (Fsp3) is 0.733. The number of hydrogen-bond donors (Lipinski definition) is 1. The van der Waals surface area contributed by atoms with Gasteiger partial charge in [-0.15, -0.1) is 11.3 Å². The summed E-state index contributed by atoms with van der Waals surface area (Å²) >= 11 is 1.92. The Balaban J connectivity index is 2.77. The molecule has 0 saturated carbocycles. The van der Waals surface area contributed by atoms with E-state index < -0.39 is 0 Å². The van der Waals surface area contributed by atoms with Crippen molar-refractivity contribution in [2.45, 2.75) is 52.7 Å². The maximum absolute atomic E-state index is 5.72. The summed E-state index contributed by atoms with van der Waals surface area (Å²) in [7, 11) is 3.84. The van der Waals surface area contributed by atoms with Gasteiger partial charge in [-0.05, 0) is 37.4 Å². The van der Waals surface area contributed by atoms with E-state index in [0.29, 0.717) is 6.04 Å². The molecular weight excluding hydrogens is 242 g/mol. The van der Waals surface area contributed by atoms with E-state index >= 15 is 0 Å². The summed E-state index contributed by atoms with van der Waals surface area (Å²) in [6.45, 7) is 8.91. The summed E-state index contributed by atoms with van der Waals surface area (Å²) in [5, 5.41) is 3.42. The van der Waals surface area contributed by atoms with Crippen LogP contribution in [0.25, 0.3) is 0 Å². The molecular formula is C15H27NOS. The molecule has 0 saturated heterocycles. The molecule has 2 unspecified atom stereocenters. The van der Waals surface area contributed by atoms with Crippen molar-refractivity contribution in [1.29, 1.82) is 0 Å². The number of nitrogens with one attached hydrogen (secondary N) is 1. The van der Waals surface area contributed by atoms with Gasteiger partial charge in [-0.2, -0.15) is 0 Å². The van der Waals surface area contributed by atoms with Crippen LogP contribution in [-0.2, 0) is 17.6 Å². The minimum Gasteiger partial charge on any atom is -0.379 e. The third-order valence-electron chi connectivity index (χ3n) is 3.33. The van der Waals surface area contributed by atoms with Crippen LogP contribution in [-0.4, -0.2) is 26.3 Å². The van der Waals surface area contributed by atoms with Gasteiger partial charge in [0.05, 0.1) is 6.10 Å². The van der Waals surface area contributed by atoms with Gasteiger partial charge in [-0.1, -0.05) is 27.7 Å². The minimum atomic E-state index is 0.146. The maximum atomic E-state index is 5.72. The Morgan fingerprint density at radius 2 is 1.89 bits per heavy atom. The lowest BCUT2D eigenvalue weighted by Crippen LogP contribution is -2.47. The van der Waals surface area contributed by atoms with Crippen LogP contribution in [0, 0.1) is 5.41 Å². The first-order valence-corrected chi connectivity index (χ1v) is 7.51. The molecule has 1 aromatic rings. The first-order valence-electron chi connectivity index (χ1n) is 6.70. The summed E-state index contributed by atoms with van der Waals surface area (Å²) in [5.41, 5.74) is 0.146. The van der Waals surface area contributed by atoms with Crippen molar-refractivity contribution < 1.29 is 4.74 Å². The number of rotatable bonds is 6. The molecule has 0 aliphatic carbocycles. The number of aryl methyl sites for hydroxylation is 1. The van der Waals surface area contributed by atoms with Gasteiger partial charge >= 0.3 is 0 Å². The van der Waals surface area contributed by atoms with Crippen molar-refractivity contribution in [1.82, 2.24) is 5.32 Å². The van der Waals surface area contributed by atoms with Gasteiger partial charge in [-0.25, -0.2) is 0 Å².